The third kappa shape index (κ3) is 5.26. The monoisotopic (exact) mass is 298 g/mol. The van der Waals surface area contributed by atoms with Gasteiger partial charge in [0.15, 0.2) is 0 Å². The molecule has 3 atom stereocenters. The van der Waals surface area contributed by atoms with Gasteiger partial charge in [-0.25, -0.2) is 0 Å². The Balaban J connectivity index is 2.61. The van der Waals surface area contributed by atoms with Crippen molar-refractivity contribution in [2.75, 3.05) is 26.7 Å². The largest absolute Gasteiger partial charge is 0.465 e. The van der Waals surface area contributed by atoms with Crippen LogP contribution in [-0.4, -0.2) is 49.2 Å². The average molecular weight is 298 g/mol. The maximum Gasteiger partial charge on any atom is 0.326 e. The summed E-state index contributed by atoms with van der Waals surface area (Å²) in [5.74, 6) is 0.739. The Kier molecular flexibility index (Phi) is 7.67. The van der Waals surface area contributed by atoms with Crippen molar-refractivity contribution in [3.63, 3.8) is 0 Å². The van der Waals surface area contributed by atoms with Gasteiger partial charge in [-0.05, 0) is 72.5 Å². The van der Waals surface area contributed by atoms with Gasteiger partial charge in [-0.1, -0.05) is 13.3 Å². The highest BCUT2D eigenvalue weighted by Gasteiger charge is 2.36. The highest BCUT2D eigenvalue weighted by molar-refractivity contribution is 5.80. The van der Waals surface area contributed by atoms with E-state index in [1.165, 1.54) is 25.7 Å². The Morgan fingerprint density at radius 2 is 2.10 bits per heavy atom. The van der Waals surface area contributed by atoms with E-state index in [0.717, 1.165) is 25.4 Å². The Hall–Kier alpha value is -0.610. The molecule has 0 aromatic heterocycles. The van der Waals surface area contributed by atoms with Gasteiger partial charge in [0.1, 0.15) is 5.54 Å². The van der Waals surface area contributed by atoms with E-state index < -0.39 is 5.54 Å². The molecule has 0 aliphatic carbocycles. The molecule has 1 fully saturated rings. The molecule has 3 unspecified atom stereocenters. The van der Waals surface area contributed by atoms with Gasteiger partial charge in [0.25, 0.3) is 0 Å². The quantitative estimate of drug-likeness (QED) is 0.734. The van der Waals surface area contributed by atoms with Gasteiger partial charge in [-0.15, -0.1) is 0 Å². The van der Waals surface area contributed by atoms with Crippen molar-refractivity contribution in [2.24, 2.45) is 5.92 Å². The number of hydrogen-bond acceptors (Lipinski definition) is 4. The maximum absolute atomic E-state index is 12.2. The fourth-order valence-electron chi connectivity index (χ4n) is 3.33. The molecule has 0 saturated carbocycles. The Morgan fingerprint density at radius 3 is 2.67 bits per heavy atom. The van der Waals surface area contributed by atoms with Crippen molar-refractivity contribution < 1.29 is 9.53 Å². The topological polar surface area (TPSA) is 41.6 Å². The van der Waals surface area contributed by atoms with Crippen LogP contribution in [0.4, 0.5) is 0 Å². The fourth-order valence-corrected chi connectivity index (χ4v) is 3.33. The summed E-state index contributed by atoms with van der Waals surface area (Å²) in [6.45, 7) is 11.1. The summed E-state index contributed by atoms with van der Waals surface area (Å²) in [6, 6.07) is 0.391. The molecule has 0 aromatic rings. The molecule has 0 radical (unpaired) electrons. The summed E-state index contributed by atoms with van der Waals surface area (Å²) in [5.41, 5.74) is -0.591. The Morgan fingerprint density at radius 1 is 1.38 bits per heavy atom. The van der Waals surface area contributed by atoms with Crippen LogP contribution in [0.3, 0.4) is 0 Å². The summed E-state index contributed by atoms with van der Waals surface area (Å²) in [5, 5.41) is 3.17. The molecule has 1 aliphatic heterocycles. The molecule has 0 amide bonds. The SMILES string of the molecule is CCOC(=O)C(C)(CC(C)N1CCCC(CC)CC1)NC. The minimum Gasteiger partial charge on any atom is -0.465 e. The van der Waals surface area contributed by atoms with E-state index in [0.29, 0.717) is 12.6 Å². The maximum atomic E-state index is 12.2. The summed E-state index contributed by atoms with van der Waals surface area (Å²) in [4.78, 5) is 14.7. The molecule has 4 nitrogen and oxygen atoms in total. The predicted molar refractivity (Wildman–Crippen MR) is 87.4 cm³/mol. The third-order valence-electron chi connectivity index (χ3n) is 5.06. The summed E-state index contributed by atoms with van der Waals surface area (Å²) in [7, 11) is 1.85. The number of ether oxygens (including phenoxy) is 1. The predicted octanol–water partition coefficient (Wildman–Crippen LogP) is 2.82. The van der Waals surface area contributed by atoms with Crippen LogP contribution in [0.5, 0.6) is 0 Å². The van der Waals surface area contributed by atoms with Crippen LogP contribution in [-0.2, 0) is 9.53 Å². The van der Waals surface area contributed by atoms with E-state index >= 15 is 0 Å². The second-order valence-corrected chi connectivity index (χ2v) is 6.60. The first-order valence-electron chi connectivity index (χ1n) is 8.57. The Bertz CT molecular complexity index is 322. The summed E-state index contributed by atoms with van der Waals surface area (Å²) >= 11 is 0. The normalized spacial score (nSPS) is 24.9. The van der Waals surface area contributed by atoms with Crippen LogP contribution in [0.2, 0.25) is 0 Å². The van der Waals surface area contributed by atoms with Crippen molar-refractivity contribution in [3.8, 4) is 0 Å². The van der Waals surface area contributed by atoms with Crippen LogP contribution in [0, 0.1) is 5.92 Å². The van der Waals surface area contributed by atoms with Crippen molar-refractivity contribution >= 4 is 5.97 Å². The molecule has 4 heteroatoms. The van der Waals surface area contributed by atoms with E-state index in [1.54, 1.807) is 0 Å². The molecule has 21 heavy (non-hydrogen) atoms. The van der Waals surface area contributed by atoms with Crippen molar-refractivity contribution in [1.29, 1.82) is 0 Å². The second-order valence-electron chi connectivity index (χ2n) is 6.60. The van der Waals surface area contributed by atoms with Crippen LogP contribution in [0.25, 0.3) is 0 Å². The number of carbonyl (C=O) groups is 1. The van der Waals surface area contributed by atoms with Crippen molar-refractivity contribution in [1.82, 2.24) is 10.2 Å². The van der Waals surface area contributed by atoms with E-state index in [2.05, 4.69) is 24.1 Å². The number of carbonyl (C=O) groups excluding carboxylic acids is 1. The highest BCUT2D eigenvalue weighted by Crippen LogP contribution is 2.24. The molecular weight excluding hydrogens is 264 g/mol. The molecule has 0 bridgehead atoms. The van der Waals surface area contributed by atoms with E-state index in [-0.39, 0.29) is 5.97 Å². The number of esters is 1. The van der Waals surface area contributed by atoms with Gasteiger partial charge in [-0.2, -0.15) is 0 Å². The first-order valence-corrected chi connectivity index (χ1v) is 8.57. The summed E-state index contributed by atoms with van der Waals surface area (Å²) in [6.07, 6.45) is 5.99. The molecule has 1 heterocycles. The zero-order chi connectivity index (χ0) is 15.9. The number of hydrogen-bond donors (Lipinski definition) is 1. The number of nitrogens with zero attached hydrogens (tertiary/aromatic N) is 1. The van der Waals surface area contributed by atoms with Crippen molar-refractivity contribution in [2.45, 2.75) is 71.4 Å². The van der Waals surface area contributed by atoms with E-state index in [4.69, 9.17) is 4.74 Å². The van der Waals surface area contributed by atoms with Crippen LogP contribution >= 0.6 is 0 Å². The van der Waals surface area contributed by atoms with E-state index in [1.807, 2.05) is 20.9 Å². The average Bonchev–Trinajstić information content (AvgIpc) is 2.72. The van der Waals surface area contributed by atoms with Crippen molar-refractivity contribution in [3.05, 3.63) is 0 Å². The molecular formula is C17H34N2O2. The van der Waals surface area contributed by atoms with Gasteiger partial charge >= 0.3 is 5.97 Å². The van der Waals surface area contributed by atoms with Gasteiger partial charge in [0, 0.05) is 6.04 Å². The molecule has 1 N–H and O–H groups in total. The minimum absolute atomic E-state index is 0.138. The minimum atomic E-state index is -0.591. The zero-order valence-electron chi connectivity index (χ0n) is 14.6. The van der Waals surface area contributed by atoms with Gasteiger partial charge in [0.2, 0.25) is 0 Å². The lowest BCUT2D eigenvalue weighted by molar-refractivity contribution is -0.151. The standard InChI is InChI=1S/C17H34N2O2/c1-6-15-9-8-11-19(12-10-15)14(3)13-17(4,18-5)16(20)21-7-2/h14-15,18H,6-13H2,1-5H3. The van der Waals surface area contributed by atoms with Gasteiger partial charge < -0.3 is 15.0 Å². The number of nitrogens with one attached hydrogen (secondary N) is 1. The molecule has 124 valence electrons. The molecule has 1 aliphatic rings. The fraction of sp³-hybridized carbons (Fsp3) is 0.941. The van der Waals surface area contributed by atoms with Crippen LogP contribution < -0.4 is 5.32 Å². The lowest BCUT2D eigenvalue weighted by Gasteiger charge is -2.35. The molecule has 0 aromatic carbocycles. The number of likely N-dealkylation sites (tertiary alicyclic amines) is 1. The highest BCUT2D eigenvalue weighted by atomic mass is 16.5. The first-order chi connectivity index (χ1) is 9.96. The van der Waals surface area contributed by atoms with Gasteiger partial charge in [-0.3, -0.25) is 4.79 Å². The smallest absolute Gasteiger partial charge is 0.326 e. The van der Waals surface area contributed by atoms with Crippen LogP contribution in [0.15, 0.2) is 0 Å². The lowest BCUT2D eigenvalue weighted by atomic mass is 9.93. The zero-order valence-corrected chi connectivity index (χ0v) is 14.6. The van der Waals surface area contributed by atoms with Gasteiger partial charge in [0.05, 0.1) is 6.61 Å². The van der Waals surface area contributed by atoms with Crippen LogP contribution in [0.1, 0.15) is 59.8 Å². The first kappa shape index (κ1) is 18.4. The summed E-state index contributed by atoms with van der Waals surface area (Å²) < 4.78 is 5.23. The lowest BCUT2D eigenvalue weighted by Crippen LogP contribution is -2.53. The third-order valence-corrected chi connectivity index (χ3v) is 5.06. The second kappa shape index (κ2) is 8.74. The Labute approximate surface area is 130 Å². The number of likely N-dealkylation sites (N-methyl/N-ethyl adjacent to an activating group) is 1. The molecule has 1 saturated heterocycles. The molecule has 1 rings (SSSR count). The number of rotatable bonds is 7. The van der Waals surface area contributed by atoms with E-state index in [9.17, 15) is 4.79 Å². The molecule has 0 spiro atoms.